The van der Waals surface area contributed by atoms with Gasteiger partial charge in [-0.1, -0.05) is 30.3 Å². The fourth-order valence-corrected chi connectivity index (χ4v) is 3.06. The number of likely N-dealkylation sites (tertiary alicyclic amines) is 1. The molecule has 0 saturated carbocycles. The Morgan fingerprint density at radius 2 is 1.63 bits per heavy atom. The van der Waals surface area contributed by atoms with Crippen LogP contribution in [0, 0.1) is 5.82 Å². The van der Waals surface area contributed by atoms with E-state index < -0.39 is 5.82 Å². The second kappa shape index (κ2) is 7.68. The molecule has 0 radical (unpaired) electrons. The van der Waals surface area contributed by atoms with Crippen molar-refractivity contribution in [3.05, 3.63) is 84.2 Å². The van der Waals surface area contributed by atoms with E-state index in [-0.39, 0.29) is 11.9 Å². The van der Waals surface area contributed by atoms with E-state index in [0.717, 1.165) is 31.1 Å². The molecular formula is C22H21FN2O2. The first-order chi connectivity index (χ1) is 13.2. The predicted molar refractivity (Wildman–Crippen MR) is 103 cm³/mol. The topological polar surface area (TPSA) is 47.7 Å². The summed E-state index contributed by atoms with van der Waals surface area (Å²) in [4.78, 5) is 2.26. The number of halogens is 1. The maximum Gasteiger partial charge on any atom is 0.167 e. The summed E-state index contributed by atoms with van der Waals surface area (Å²) >= 11 is 0. The lowest BCUT2D eigenvalue weighted by Gasteiger charge is -2.39. The first-order valence-electron chi connectivity index (χ1n) is 8.91. The highest BCUT2D eigenvalue weighted by Crippen LogP contribution is 2.25. The lowest BCUT2D eigenvalue weighted by molar-refractivity contribution is 0.0123. The van der Waals surface area contributed by atoms with E-state index in [9.17, 15) is 4.39 Å². The molecule has 4 rings (SSSR count). The molecule has 1 aliphatic rings. The normalized spacial score (nSPS) is 14.6. The smallest absolute Gasteiger partial charge is 0.167 e. The van der Waals surface area contributed by atoms with Crippen LogP contribution in [0.5, 0.6) is 17.2 Å². The van der Waals surface area contributed by atoms with Gasteiger partial charge >= 0.3 is 0 Å². The van der Waals surface area contributed by atoms with Crippen LogP contribution in [0.25, 0.3) is 0 Å². The van der Waals surface area contributed by atoms with Gasteiger partial charge in [-0.2, -0.15) is 0 Å². The summed E-state index contributed by atoms with van der Waals surface area (Å²) in [6.07, 6.45) is 0.00353. The maximum absolute atomic E-state index is 13.8. The first kappa shape index (κ1) is 17.4. The van der Waals surface area contributed by atoms with Crippen LogP contribution in [-0.2, 0) is 6.54 Å². The Bertz CT molecular complexity index is 894. The van der Waals surface area contributed by atoms with Crippen LogP contribution < -0.4 is 15.2 Å². The molecule has 1 fully saturated rings. The van der Waals surface area contributed by atoms with E-state index in [2.05, 4.69) is 17.0 Å². The van der Waals surface area contributed by atoms with Crippen LogP contribution in [0.4, 0.5) is 10.1 Å². The second-order valence-electron chi connectivity index (χ2n) is 6.68. The van der Waals surface area contributed by atoms with Gasteiger partial charge in [-0.15, -0.1) is 0 Å². The highest BCUT2D eigenvalue weighted by molar-refractivity contribution is 5.43. The molecule has 3 aromatic rings. The molecule has 0 aromatic heterocycles. The van der Waals surface area contributed by atoms with Crippen molar-refractivity contribution in [3.63, 3.8) is 0 Å². The van der Waals surface area contributed by atoms with Crippen LogP contribution in [0.1, 0.15) is 5.56 Å². The molecule has 2 N–H and O–H groups in total. The van der Waals surface area contributed by atoms with E-state index in [1.54, 1.807) is 12.1 Å². The van der Waals surface area contributed by atoms with Crippen molar-refractivity contribution >= 4 is 5.69 Å². The van der Waals surface area contributed by atoms with Gasteiger partial charge < -0.3 is 15.2 Å². The summed E-state index contributed by atoms with van der Waals surface area (Å²) in [6.45, 7) is 2.37. The van der Waals surface area contributed by atoms with Crippen LogP contribution in [0.3, 0.4) is 0 Å². The van der Waals surface area contributed by atoms with Crippen molar-refractivity contribution < 1.29 is 13.9 Å². The van der Waals surface area contributed by atoms with Crippen LogP contribution >= 0.6 is 0 Å². The molecule has 5 heteroatoms. The largest absolute Gasteiger partial charge is 0.485 e. The zero-order valence-corrected chi connectivity index (χ0v) is 14.8. The minimum atomic E-state index is -0.414. The lowest BCUT2D eigenvalue weighted by atomic mass is 10.1. The van der Waals surface area contributed by atoms with Gasteiger partial charge in [0.05, 0.1) is 0 Å². The molecule has 0 amide bonds. The fourth-order valence-electron chi connectivity index (χ4n) is 3.06. The number of nitrogens with two attached hydrogens (primary N) is 1. The summed E-state index contributed by atoms with van der Waals surface area (Å²) in [7, 11) is 0. The zero-order chi connectivity index (χ0) is 18.6. The van der Waals surface area contributed by atoms with E-state index in [0.29, 0.717) is 5.69 Å². The Hall–Kier alpha value is -3.05. The van der Waals surface area contributed by atoms with Gasteiger partial charge in [-0.05, 0) is 42.0 Å². The number of benzene rings is 3. The minimum absolute atomic E-state index is 0.00353. The van der Waals surface area contributed by atoms with Gasteiger partial charge in [-0.25, -0.2) is 4.39 Å². The van der Waals surface area contributed by atoms with Crippen molar-refractivity contribution in [1.29, 1.82) is 0 Å². The number of nitrogens with zero attached hydrogens (tertiary/aromatic N) is 1. The van der Waals surface area contributed by atoms with E-state index in [1.807, 2.05) is 42.5 Å². The summed E-state index contributed by atoms with van der Waals surface area (Å²) in [6, 6.07) is 22.3. The maximum atomic E-state index is 13.8. The molecule has 1 saturated heterocycles. The van der Waals surface area contributed by atoms with E-state index in [1.165, 1.54) is 11.6 Å². The summed E-state index contributed by atoms with van der Waals surface area (Å²) < 4.78 is 25.3. The molecule has 0 spiro atoms. The number of hydrogen-bond donors (Lipinski definition) is 1. The molecule has 4 nitrogen and oxygen atoms in total. The second-order valence-corrected chi connectivity index (χ2v) is 6.68. The minimum Gasteiger partial charge on any atom is -0.485 e. The van der Waals surface area contributed by atoms with Crippen molar-refractivity contribution in [2.24, 2.45) is 0 Å². The molecular weight excluding hydrogens is 343 g/mol. The number of ether oxygens (including phenoxy) is 2. The third kappa shape index (κ3) is 4.38. The van der Waals surface area contributed by atoms with Gasteiger partial charge in [0.2, 0.25) is 0 Å². The van der Waals surface area contributed by atoms with Crippen LogP contribution in [0.2, 0.25) is 0 Å². The van der Waals surface area contributed by atoms with E-state index in [4.69, 9.17) is 15.2 Å². The number of hydrogen-bond acceptors (Lipinski definition) is 4. The van der Waals surface area contributed by atoms with E-state index >= 15 is 0 Å². The van der Waals surface area contributed by atoms with Crippen molar-refractivity contribution in [2.75, 3.05) is 18.8 Å². The monoisotopic (exact) mass is 364 g/mol. The SMILES string of the molecule is Nc1ccc(OC2CN(Cc3ccc(Oc4ccccc4)cc3)C2)c(F)c1. The highest BCUT2D eigenvalue weighted by atomic mass is 19.1. The van der Waals surface area contributed by atoms with Crippen molar-refractivity contribution in [3.8, 4) is 17.2 Å². The summed E-state index contributed by atoms with van der Waals surface area (Å²) in [5.74, 6) is 1.48. The predicted octanol–water partition coefficient (Wildman–Crippen LogP) is 4.46. The average Bonchev–Trinajstić information content (AvgIpc) is 2.64. The molecule has 27 heavy (non-hydrogen) atoms. The molecule has 1 aliphatic heterocycles. The molecule has 1 heterocycles. The third-order valence-corrected chi connectivity index (χ3v) is 4.48. The fraction of sp³-hybridized carbons (Fsp3) is 0.182. The lowest BCUT2D eigenvalue weighted by Crippen LogP contribution is -2.53. The quantitative estimate of drug-likeness (QED) is 0.656. The number of para-hydroxylation sites is 1. The molecule has 0 unspecified atom stereocenters. The Morgan fingerprint density at radius 3 is 2.33 bits per heavy atom. The average molecular weight is 364 g/mol. The van der Waals surface area contributed by atoms with Gasteiger partial charge in [0, 0.05) is 31.4 Å². The molecule has 138 valence electrons. The summed E-state index contributed by atoms with van der Waals surface area (Å²) in [5, 5.41) is 0. The Labute approximate surface area is 157 Å². The van der Waals surface area contributed by atoms with Gasteiger partial charge in [0.1, 0.15) is 17.6 Å². The summed E-state index contributed by atoms with van der Waals surface area (Å²) in [5.41, 5.74) is 7.15. The Kier molecular flexibility index (Phi) is 4.94. The Morgan fingerprint density at radius 1 is 0.926 bits per heavy atom. The number of rotatable bonds is 6. The number of nitrogen functional groups attached to an aromatic ring is 1. The molecule has 0 bridgehead atoms. The van der Waals surface area contributed by atoms with Crippen LogP contribution in [-0.4, -0.2) is 24.1 Å². The first-order valence-corrected chi connectivity index (χ1v) is 8.91. The highest BCUT2D eigenvalue weighted by Gasteiger charge is 2.29. The van der Waals surface area contributed by atoms with Crippen molar-refractivity contribution in [2.45, 2.75) is 12.6 Å². The van der Waals surface area contributed by atoms with Crippen LogP contribution in [0.15, 0.2) is 72.8 Å². The standard InChI is InChI=1S/C22H21FN2O2/c23-21-12-17(24)8-11-22(21)27-20-14-25(15-20)13-16-6-9-19(10-7-16)26-18-4-2-1-3-5-18/h1-12,20H,13-15,24H2. The van der Waals surface area contributed by atoms with Crippen molar-refractivity contribution in [1.82, 2.24) is 4.90 Å². The number of anilines is 1. The molecule has 0 atom stereocenters. The molecule has 3 aromatic carbocycles. The van der Waals surface area contributed by atoms with Gasteiger partial charge in [-0.3, -0.25) is 4.90 Å². The third-order valence-electron chi connectivity index (χ3n) is 4.48. The molecule has 0 aliphatic carbocycles. The zero-order valence-electron chi connectivity index (χ0n) is 14.8. The van der Waals surface area contributed by atoms with Gasteiger partial charge in [0.15, 0.2) is 11.6 Å². The van der Waals surface area contributed by atoms with Gasteiger partial charge in [0.25, 0.3) is 0 Å². The Balaban J connectivity index is 1.26.